The van der Waals surface area contributed by atoms with Crippen LogP contribution in [0.5, 0.6) is 0 Å². The summed E-state index contributed by atoms with van der Waals surface area (Å²) in [6.45, 7) is 9.25. The first-order valence-electron chi connectivity index (χ1n) is 7.04. The Kier molecular flexibility index (Phi) is 5.92. The van der Waals surface area contributed by atoms with E-state index >= 15 is 0 Å². The van der Waals surface area contributed by atoms with Crippen molar-refractivity contribution in [1.29, 1.82) is 0 Å². The van der Waals surface area contributed by atoms with Crippen molar-refractivity contribution in [3.8, 4) is 0 Å². The van der Waals surface area contributed by atoms with Gasteiger partial charge in [0.25, 0.3) is 0 Å². The van der Waals surface area contributed by atoms with Crippen LogP contribution in [-0.4, -0.2) is 12.6 Å². The van der Waals surface area contributed by atoms with E-state index in [0.717, 1.165) is 19.4 Å². The Morgan fingerprint density at radius 2 is 1.95 bits per heavy atom. The highest BCUT2D eigenvalue weighted by molar-refractivity contribution is 5.20. The average Bonchev–Trinajstić information content (AvgIpc) is 2.33. The fourth-order valence-electron chi connectivity index (χ4n) is 2.44. The molecule has 1 atom stereocenters. The van der Waals surface area contributed by atoms with Gasteiger partial charge in [-0.15, -0.1) is 0 Å². The molecule has 0 saturated heterocycles. The van der Waals surface area contributed by atoms with Gasteiger partial charge in [-0.25, -0.2) is 8.78 Å². The lowest BCUT2D eigenvalue weighted by Gasteiger charge is -2.31. The van der Waals surface area contributed by atoms with Gasteiger partial charge < -0.3 is 5.32 Å². The molecule has 1 nitrogen and oxygen atoms in total. The van der Waals surface area contributed by atoms with E-state index in [9.17, 15) is 8.78 Å². The summed E-state index contributed by atoms with van der Waals surface area (Å²) < 4.78 is 27.0. The van der Waals surface area contributed by atoms with Gasteiger partial charge in [-0.05, 0) is 29.9 Å². The molecule has 19 heavy (non-hydrogen) atoms. The Bertz CT molecular complexity index is 404. The first-order valence-corrected chi connectivity index (χ1v) is 7.04. The van der Waals surface area contributed by atoms with Gasteiger partial charge in [-0.1, -0.05) is 46.2 Å². The molecular formula is C16H25F2N. The van der Waals surface area contributed by atoms with E-state index in [1.165, 1.54) is 6.07 Å². The number of nitrogens with one attached hydrogen (secondary N) is 1. The molecule has 0 aromatic heterocycles. The monoisotopic (exact) mass is 269 g/mol. The Morgan fingerprint density at radius 3 is 2.53 bits per heavy atom. The van der Waals surface area contributed by atoms with Crippen molar-refractivity contribution < 1.29 is 8.78 Å². The fraction of sp³-hybridized carbons (Fsp3) is 0.625. The normalized spacial score (nSPS) is 14.7. The second-order valence-electron chi connectivity index (χ2n) is 5.99. The molecule has 1 unspecified atom stereocenters. The molecule has 0 bridgehead atoms. The molecule has 108 valence electrons. The zero-order valence-electron chi connectivity index (χ0n) is 12.4. The minimum absolute atomic E-state index is 0.0480. The summed E-state index contributed by atoms with van der Waals surface area (Å²) in [5, 5.41) is 3.41. The Labute approximate surface area is 115 Å². The van der Waals surface area contributed by atoms with Crippen LogP contribution in [0.3, 0.4) is 0 Å². The van der Waals surface area contributed by atoms with Crippen molar-refractivity contribution in [1.82, 2.24) is 5.32 Å². The Hall–Kier alpha value is -0.960. The summed E-state index contributed by atoms with van der Waals surface area (Å²) in [7, 11) is 0. The maximum absolute atomic E-state index is 13.8. The quantitative estimate of drug-likeness (QED) is 0.777. The zero-order chi connectivity index (χ0) is 14.5. The maximum atomic E-state index is 13.8. The van der Waals surface area contributed by atoms with Crippen LogP contribution in [0.4, 0.5) is 8.78 Å². The van der Waals surface area contributed by atoms with Crippen molar-refractivity contribution in [2.75, 3.05) is 6.54 Å². The van der Waals surface area contributed by atoms with Crippen LogP contribution in [0.15, 0.2) is 18.2 Å². The Morgan fingerprint density at radius 1 is 1.26 bits per heavy atom. The molecule has 0 radical (unpaired) electrons. The molecule has 0 fully saturated rings. The van der Waals surface area contributed by atoms with E-state index in [1.807, 2.05) is 0 Å². The van der Waals surface area contributed by atoms with Crippen molar-refractivity contribution in [2.45, 2.75) is 53.0 Å². The molecule has 1 aromatic carbocycles. The lowest BCUT2D eigenvalue weighted by molar-refractivity contribution is 0.263. The molecule has 0 saturated carbocycles. The largest absolute Gasteiger partial charge is 0.314 e. The average molecular weight is 269 g/mol. The smallest absolute Gasteiger partial charge is 0.162 e. The highest BCUT2D eigenvalue weighted by atomic mass is 19.2. The molecule has 1 rings (SSSR count). The minimum atomic E-state index is -0.756. The molecule has 0 aliphatic carbocycles. The predicted molar refractivity (Wildman–Crippen MR) is 76.2 cm³/mol. The first kappa shape index (κ1) is 16.1. The lowest BCUT2D eigenvalue weighted by atomic mass is 9.79. The summed E-state index contributed by atoms with van der Waals surface area (Å²) >= 11 is 0. The predicted octanol–water partition coefficient (Wildman–Crippen LogP) is 4.31. The van der Waals surface area contributed by atoms with Crippen LogP contribution < -0.4 is 5.32 Å². The molecule has 0 amide bonds. The molecule has 0 heterocycles. The van der Waals surface area contributed by atoms with E-state index < -0.39 is 11.6 Å². The molecule has 0 aliphatic heterocycles. The van der Waals surface area contributed by atoms with Gasteiger partial charge >= 0.3 is 0 Å². The highest BCUT2D eigenvalue weighted by Crippen LogP contribution is 2.29. The first-order chi connectivity index (χ1) is 8.88. The van der Waals surface area contributed by atoms with Crippen molar-refractivity contribution >= 4 is 0 Å². The summed E-state index contributed by atoms with van der Waals surface area (Å²) in [6, 6.07) is 4.83. The maximum Gasteiger partial charge on any atom is 0.162 e. The molecule has 1 aromatic rings. The fourth-order valence-corrected chi connectivity index (χ4v) is 2.44. The van der Waals surface area contributed by atoms with Crippen molar-refractivity contribution in [3.05, 3.63) is 35.4 Å². The highest BCUT2D eigenvalue weighted by Gasteiger charge is 2.25. The summed E-state index contributed by atoms with van der Waals surface area (Å²) in [4.78, 5) is 0. The summed E-state index contributed by atoms with van der Waals surface area (Å²) in [6.07, 6.45) is 2.58. The zero-order valence-corrected chi connectivity index (χ0v) is 12.4. The standard InChI is InChI=1S/C16H25F2N/c1-5-9-16(4,11-19-12(2)3)10-13-7-6-8-14(17)15(13)18/h6-8,12,19H,5,9-11H2,1-4H3. The van der Waals surface area contributed by atoms with Gasteiger partial charge in [0.2, 0.25) is 0 Å². The third-order valence-corrected chi connectivity index (χ3v) is 3.44. The third-order valence-electron chi connectivity index (χ3n) is 3.44. The van der Waals surface area contributed by atoms with Gasteiger partial charge in [0.1, 0.15) is 0 Å². The van der Waals surface area contributed by atoms with E-state index in [1.54, 1.807) is 12.1 Å². The van der Waals surface area contributed by atoms with Gasteiger partial charge in [0, 0.05) is 12.6 Å². The van der Waals surface area contributed by atoms with Crippen LogP contribution in [0, 0.1) is 17.0 Å². The van der Waals surface area contributed by atoms with E-state index in [0.29, 0.717) is 18.0 Å². The second kappa shape index (κ2) is 6.99. The number of rotatable bonds is 7. The van der Waals surface area contributed by atoms with E-state index in [4.69, 9.17) is 0 Å². The van der Waals surface area contributed by atoms with Crippen LogP contribution in [0.25, 0.3) is 0 Å². The minimum Gasteiger partial charge on any atom is -0.314 e. The van der Waals surface area contributed by atoms with Gasteiger partial charge in [0.15, 0.2) is 11.6 Å². The number of benzene rings is 1. The molecule has 3 heteroatoms. The molecule has 1 N–H and O–H groups in total. The molecule has 0 aliphatic rings. The number of halogens is 2. The van der Waals surface area contributed by atoms with Gasteiger partial charge in [-0.2, -0.15) is 0 Å². The van der Waals surface area contributed by atoms with E-state index in [2.05, 4.69) is 33.0 Å². The molecule has 0 spiro atoms. The van der Waals surface area contributed by atoms with Crippen LogP contribution in [0.2, 0.25) is 0 Å². The third kappa shape index (κ3) is 4.90. The Balaban J connectivity index is 2.85. The summed E-state index contributed by atoms with van der Waals surface area (Å²) in [5.74, 6) is -1.46. The second-order valence-corrected chi connectivity index (χ2v) is 5.99. The summed E-state index contributed by atoms with van der Waals surface area (Å²) in [5.41, 5.74) is 0.426. The number of hydrogen-bond donors (Lipinski definition) is 1. The van der Waals surface area contributed by atoms with Gasteiger partial charge in [-0.3, -0.25) is 0 Å². The van der Waals surface area contributed by atoms with E-state index in [-0.39, 0.29) is 5.41 Å². The molecular weight excluding hydrogens is 244 g/mol. The van der Waals surface area contributed by atoms with Crippen LogP contribution in [-0.2, 0) is 6.42 Å². The van der Waals surface area contributed by atoms with Crippen LogP contribution >= 0.6 is 0 Å². The van der Waals surface area contributed by atoms with Crippen molar-refractivity contribution in [3.63, 3.8) is 0 Å². The van der Waals surface area contributed by atoms with Crippen LogP contribution in [0.1, 0.15) is 46.1 Å². The van der Waals surface area contributed by atoms with Crippen molar-refractivity contribution in [2.24, 2.45) is 5.41 Å². The van der Waals surface area contributed by atoms with Gasteiger partial charge in [0.05, 0.1) is 0 Å². The SMILES string of the molecule is CCCC(C)(CNC(C)C)Cc1cccc(F)c1F. The number of hydrogen-bond acceptors (Lipinski definition) is 1. The lowest BCUT2D eigenvalue weighted by Crippen LogP contribution is -2.37. The topological polar surface area (TPSA) is 12.0 Å².